The number of nitrogens with zero attached hydrogens (tertiary/aromatic N) is 2. The van der Waals surface area contributed by atoms with Gasteiger partial charge >= 0.3 is 0 Å². The lowest BCUT2D eigenvalue weighted by molar-refractivity contribution is -0.109. The van der Waals surface area contributed by atoms with E-state index in [2.05, 4.69) is 30.7 Å². The molecule has 3 heteroatoms. The highest BCUT2D eigenvalue weighted by atomic mass is 16.1. The smallest absolute Gasteiger partial charge is 0.133 e. The van der Waals surface area contributed by atoms with Crippen LogP contribution in [0.15, 0.2) is 0 Å². The number of aldehydes is 1. The molecule has 14 heavy (non-hydrogen) atoms. The maximum absolute atomic E-state index is 10.4. The van der Waals surface area contributed by atoms with Crippen molar-refractivity contribution in [2.45, 2.75) is 26.3 Å². The molecule has 0 aromatic rings. The normalized spacial score (nSPS) is 25.6. The molecule has 82 valence electrons. The standard InChI is InChI=1S/C11H22N2O/c1-10(2)8-11-9-13(6-7-14)5-4-12(11)3/h7,10-11H,4-6,8-9H2,1-3H3. The maximum atomic E-state index is 10.4. The summed E-state index contributed by atoms with van der Waals surface area (Å²) < 4.78 is 0. The first-order chi connectivity index (χ1) is 6.63. The highest BCUT2D eigenvalue weighted by Crippen LogP contribution is 2.15. The molecule has 1 heterocycles. The molecule has 0 aromatic heterocycles. The zero-order valence-corrected chi connectivity index (χ0v) is 9.57. The van der Waals surface area contributed by atoms with Gasteiger partial charge in [0, 0.05) is 25.7 Å². The van der Waals surface area contributed by atoms with E-state index in [1.165, 1.54) is 6.42 Å². The highest BCUT2D eigenvalue weighted by molar-refractivity contribution is 5.52. The monoisotopic (exact) mass is 198 g/mol. The fraction of sp³-hybridized carbons (Fsp3) is 0.909. The van der Waals surface area contributed by atoms with Gasteiger partial charge in [-0.3, -0.25) is 4.90 Å². The molecule has 0 spiro atoms. The summed E-state index contributed by atoms with van der Waals surface area (Å²) in [6, 6.07) is 0.628. The first-order valence-corrected chi connectivity index (χ1v) is 5.49. The average Bonchev–Trinajstić information content (AvgIpc) is 2.10. The van der Waals surface area contributed by atoms with Gasteiger partial charge in [-0.15, -0.1) is 0 Å². The minimum absolute atomic E-state index is 0.600. The SMILES string of the molecule is CC(C)CC1CN(CC=O)CCN1C. The van der Waals surface area contributed by atoms with E-state index in [9.17, 15) is 4.79 Å². The lowest BCUT2D eigenvalue weighted by Crippen LogP contribution is -2.52. The van der Waals surface area contributed by atoms with Crippen molar-refractivity contribution in [3.05, 3.63) is 0 Å². The Balaban J connectivity index is 2.42. The quantitative estimate of drug-likeness (QED) is 0.626. The summed E-state index contributed by atoms with van der Waals surface area (Å²) in [5, 5.41) is 0. The van der Waals surface area contributed by atoms with E-state index >= 15 is 0 Å². The number of carbonyl (C=O) groups is 1. The number of hydrogen-bond donors (Lipinski definition) is 0. The van der Waals surface area contributed by atoms with Gasteiger partial charge < -0.3 is 9.69 Å². The number of hydrogen-bond acceptors (Lipinski definition) is 3. The predicted molar refractivity (Wildman–Crippen MR) is 58.4 cm³/mol. The molecule has 1 fully saturated rings. The molecule has 1 saturated heterocycles. The molecular weight excluding hydrogens is 176 g/mol. The Morgan fingerprint density at radius 1 is 1.43 bits per heavy atom. The van der Waals surface area contributed by atoms with Crippen LogP contribution in [-0.4, -0.2) is 55.4 Å². The molecule has 1 aliphatic heterocycles. The van der Waals surface area contributed by atoms with Crippen LogP contribution in [0.3, 0.4) is 0 Å². The van der Waals surface area contributed by atoms with Crippen LogP contribution in [0.2, 0.25) is 0 Å². The Morgan fingerprint density at radius 3 is 2.71 bits per heavy atom. The minimum Gasteiger partial charge on any atom is -0.302 e. The maximum Gasteiger partial charge on any atom is 0.133 e. The van der Waals surface area contributed by atoms with Gasteiger partial charge in [0.1, 0.15) is 6.29 Å². The van der Waals surface area contributed by atoms with E-state index in [0.29, 0.717) is 12.6 Å². The lowest BCUT2D eigenvalue weighted by atomic mass is 10.0. The summed E-state index contributed by atoms with van der Waals surface area (Å²) in [6.45, 7) is 8.28. The second-order valence-corrected chi connectivity index (χ2v) is 4.69. The number of carbonyl (C=O) groups excluding carboxylic acids is 1. The van der Waals surface area contributed by atoms with Crippen molar-refractivity contribution in [1.29, 1.82) is 0 Å². The second-order valence-electron chi connectivity index (χ2n) is 4.69. The fourth-order valence-electron chi connectivity index (χ4n) is 2.08. The molecule has 1 unspecified atom stereocenters. The second kappa shape index (κ2) is 5.47. The van der Waals surface area contributed by atoms with Gasteiger partial charge in [-0.25, -0.2) is 0 Å². The van der Waals surface area contributed by atoms with Gasteiger partial charge in [0.05, 0.1) is 6.54 Å². The van der Waals surface area contributed by atoms with Crippen LogP contribution >= 0.6 is 0 Å². The first-order valence-electron chi connectivity index (χ1n) is 5.49. The van der Waals surface area contributed by atoms with Gasteiger partial charge in [-0.2, -0.15) is 0 Å². The Bertz CT molecular complexity index is 182. The summed E-state index contributed by atoms with van der Waals surface area (Å²) in [6.07, 6.45) is 2.24. The third-order valence-corrected chi connectivity index (χ3v) is 2.94. The van der Waals surface area contributed by atoms with Crippen LogP contribution in [0, 0.1) is 5.92 Å². The number of rotatable bonds is 4. The Hall–Kier alpha value is -0.410. The fourth-order valence-corrected chi connectivity index (χ4v) is 2.08. The van der Waals surface area contributed by atoms with Gasteiger partial charge in [-0.05, 0) is 19.4 Å². The van der Waals surface area contributed by atoms with Crippen LogP contribution in [0.25, 0.3) is 0 Å². The molecule has 0 aliphatic carbocycles. The Labute approximate surface area is 87.1 Å². The van der Waals surface area contributed by atoms with E-state index in [1.54, 1.807) is 0 Å². The molecule has 0 aromatic carbocycles. The summed E-state index contributed by atoms with van der Waals surface area (Å²) in [5.41, 5.74) is 0. The van der Waals surface area contributed by atoms with Crippen molar-refractivity contribution >= 4 is 6.29 Å². The van der Waals surface area contributed by atoms with Crippen molar-refractivity contribution in [3.8, 4) is 0 Å². The van der Waals surface area contributed by atoms with Gasteiger partial charge in [0.15, 0.2) is 0 Å². The molecule has 0 N–H and O–H groups in total. The Kier molecular flexibility index (Phi) is 4.55. The zero-order valence-electron chi connectivity index (χ0n) is 9.57. The van der Waals surface area contributed by atoms with Crippen LogP contribution in [0.5, 0.6) is 0 Å². The zero-order chi connectivity index (χ0) is 10.6. The number of likely N-dealkylation sites (N-methyl/N-ethyl adjacent to an activating group) is 1. The van der Waals surface area contributed by atoms with E-state index in [4.69, 9.17) is 0 Å². The topological polar surface area (TPSA) is 23.6 Å². The predicted octanol–water partition coefficient (Wildman–Crippen LogP) is 0.847. The summed E-state index contributed by atoms with van der Waals surface area (Å²) in [7, 11) is 2.19. The van der Waals surface area contributed by atoms with Gasteiger partial charge in [-0.1, -0.05) is 13.8 Å². The van der Waals surface area contributed by atoms with Crippen LogP contribution in [-0.2, 0) is 4.79 Å². The molecule has 0 amide bonds. The summed E-state index contributed by atoms with van der Waals surface area (Å²) >= 11 is 0. The van der Waals surface area contributed by atoms with E-state index in [-0.39, 0.29) is 0 Å². The van der Waals surface area contributed by atoms with Crippen molar-refractivity contribution in [2.24, 2.45) is 5.92 Å². The molecule has 1 aliphatic rings. The molecular formula is C11H22N2O. The van der Waals surface area contributed by atoms with Crippen molar-refractivity contribution in [1.82, 2.24) is 9.80 Å². The summed E-state index contributed by atoms with van der Waals surface area (Å²) in [4.78, 5) is 15.1. The van der Waals surface area contributed by atoms with Gasteiger partial charge in [0.2, 0.25) is 0 Å². The first kappa shape index (κ1) is 11.7. The van der Waals surface area contributed by atoms with Crippen molar-refractivity contribution in [2.75, 3.05) is 33.2 Å². The molecule has 1 rings (SSSR count). The lowest BCUT2D eigenvalue weighted by Gasteiger charge is -2.39. The molecule has 0 radical (unpaired) electrons. The highest BCUT2D eigenvalue weighted by Gasteiger charge is 2.24. The molecule has 3 nitrogen and oxygen atoms in total. The van der Waals surface area contributed by atoms with E-state index < -0.39 is 0 Å². The van der Waals surface area contributed by atoms with Crippen LogP contribution < -0.4 is 0 Å². The summed E-state index contributed by atoms with van der Waals surface area (Å²) in [5.74, 6) is 0.735. The molecule has 0 saturated carbocycles. The van der Waals surface area contributed by atoms with Crippen molar-refractivity contribution < 1.29 is 4.79 Å². The van der Waals surface area contributed by atoms with E-state index in [0.717, 1.165) is 31.8 Å². The average molecular weight is 198 g/mol. The van der Waals surface area contributed by atoms with Crippen LogP contribution in [0.1, 0.15) is 20.3 Å². The third kappa shape index (κ3) is 3.39. The van der Waals surface area contributed by atoms with Gasteiger partial charge in [0.25, 0.3) is 0 Å². The largest absolute Gasteiger partial charge is 0.302 e. The third-order valence-electron chi connectivity index (χ3n) is 2.94. The molecule has 1 atom stereocenters. The minimum atomic E-state index is 0.600. The molecule has 0 bridgehead atoms. The van der Waals surface area contributed by atoms with Crippen molar-refractivity contribution in [3.63, 3.8) is 0 Å². The number of piperazine rings is 1. The van der Waals surface area contributed by atoms with Crippen LogP contribution in [0.4, 0.5) is 0 Å². The Morgan fingerprint density at radius 2 is 2.14 bits per heavy atom. The van der Waals surface area contributed by atoms with E-state index in [1.807, 2.05) is 0 Å².